The van der Waals surface area contributed by atoms with E-state index in [-0.39, 0.29) is 0 Å². The second kappa shape index (κ2) is 8.67. The maximum absolute atomic E-state index is 5.78. The lowest BCUT2D eigenvalue weighted by Crippen LogP contribution is -2.46. The van der Waals surface area contributed by atoms with E-state index in [0.29, 0.717) is 6.61 Å². The van der Waals surface area contributed by atoms with Crippen molar-refractivity contribution in [3.8, 4) is 5.75 Å². The van der Waals surface area contributed by atoms with Crippen LogP contribution in [0.1, 0.15) is 11.1 Å². The number of hydrogen-bond acceptors (Lipinski definition) is 4. The van der Waals surface area contributed by atoms with Gasteiger partial charge in [-0.25, -0.2) is 5.01 Å². The van der Waals surface area contributed by atoms with Gasteiger partial charge in [-0.1, -0.05) is 42.5 Å². The molecule has 1 aliphatic heterocycles. The molecule has 0 radical (unpaired) electrons. The van der Waals surface area contributed by atoms with Gasteiger partial charge in [0.05, 0.1) is 13.2 Å². The van der Waals surface area contributed by atoms with Crippen LogP contribution in [0.25, 0.3) is 0 Å². The summed E-state index contributed by atoms with van der Waals surface area (Å²) in [6, 6.07) is 18.9. The highest BCUT2D eigenvalue weighted by atomic mass is 16.5. The molecule has 1 N–H and O–H groups in total. The topological polar surface area (TPSA) is 33.7 Å². The van der Waals surface area contributed by atoms with Gasteiger partial charge in [0, 0.05) is 19.6 Å². The van der Waals surface area contributed by atoms with Gasteiger partial charge in [0.1, 0.15) is 12.4 Å². The third kappa shape index (κ3) is 5.36. The van der Waals surface area contributed by atoms with E-state index in [4.69, 9.17) is 9.47 Å². The molecule has 0 aromatic heterocycles. The molecule has 3 rings (SSSR count). The van der Waals surface area contributed by atoms with Crippen LogP contribution >= 0.6 is 0 Å². The lowest BCUT2D eigenvalue weighted by atomic mass is 10.1. The molecule has 0 spiro atoms. The Hall–Kier alpha value is -1.88. The predicted octanol–water partition coefficient (Wildman–Crippen LogP) is 2.49. The van der Waals surface area contributed by atoms with Gasteiger partial charge in [-0.3, -0.25) is 5.43 Å². The highest BCUT2D eigenvalue weighted by Crippen LogP contribution is 2.15. The Morgan fingerprint density at radius 1 is 0.913 bits per heavy atom. The second-order valence-corrected chi connectivity index (χ2v) is 5.66. The zero-order valence-corrected chi connectivity index (χ0v) is 13.4. The van der Waals surface area contributed by atoms with Crippen LogP contribution in [-0.2, 0) is 11.2 Å². The molecule has 0 aliphatic carbocycles. The quantitative estimate of drug-likeness (QED) is 0.797. The monoisotopic (exact) mass is 312 g/mol. The fourth-order valence-corrected chi connectivity index (χ4v) is 2.63. The van der Waals surface area contributed by atoms with Crippen LogP contribution < -0.4 is 10.2 Å². The average molecular weight is 312 g/mol. The summed E-state index contributed by atoms with van der Waals surface area (Å²) in [6.07, 6.45) is 0.958. The first kappa shape index (κ1) is 16.0. The predicted molar refractivity (Wildman–Crippen MR) is 91.6 cm³/mol. The van der Waals surface area contributed by atoms with E-state index < -0.39 is 0 Å². The van der Waals surface area contributed by atoms with Crippen molar-refractivity contribution in [2.24, 2.45) is 0 Å². The van der Waals surface area contributed by atoms with E-state index in [0.717, 1.165) is 45.0 Å². The van der Waals surface area contributed by atoms with Gasteiger partial charge in [0.25, 0.3) is 0 Å². The van der Waals surface area contributed by atoms with Gasteiger partial charge in [0.15, 0.2) is 0 Å². The number of nitrogens with one attached hydrogen (secondary N) is 1. The number of rotatable bonds is 7. The fourth-order valence-electron chi connectivity index (χ4n) is 2.63. The molecular formula is C19H24N2O2. The van der Waals surface area contributed by atoms with Crippen molar-refractivity contribution in [2.75, 3.05) is 39.5 Å². The molecule has 2 aromatic carbocycles. The van der Waals surface area contributed by atoms with Crippen molar-refractivity contribution in [3.63, 3.8) is 0 Å². The lowest BCUT2D eigenvalue weighted by molar-refractivity contribution is 0.0101. The van der Waals surface area contributed by atoms with E-state index in [2.05, 4.69) is 46.8 Å². The summed E-state index contributed by atoms with van der Waals surface area (Å²) in [5, 5.41) is 2.19. The number of nitrogens with zero attached hydrogens (tertiary/aromatic N) is 1. The third-order valence-corrected chi connectivity index (χ3v) is 3.89. The Labute approximate surface area is 138 Å². The van der Waals surface area contributed by atoms with Gasteiger partial charge >= 0.3 is 0 Å². The summed E-state index contributed by atoms with van der Waals surface area (Å²) >= 11 is 0. The first-order valence-corrected chi connectivity index (χ1v) is 8.22. The van der Waals surface area contributed by atoms with Crippen LogP contribution in [0.4, 0.5) is 0 Å². The molecule has 4 nitrogen and oxygen atoms in total. The number of morpholine rings is 1. The summed E-state index contributed by atoms with van der Waals surface area (Å²) in [4.78, 5) is 0. The smallest absolute Gasteiger partial charge is 0.119 e. The van der Waals surface area contributed by atoms with Crippen LogP contribution in [0, 0.1) is 0 Å². The summed E-state index contributed by atoms with van der Waals surface area (Å²) in [5.41, 5.74) is 5.99. The summed E-state index contributed by atoms with van der Waals surface area (Å²) in [6.45, 7) is 4.96. The van der Waals surface area contributed by atoms with Gasteiger partial charge in [-0.05, 0) is 29.7 Å². The molecule has 2 aromatic rings. The van der Waals surface area contributed by atoms with Crippen molar-refractivity contribution in [1.29, 1.82) is 0 Å². The van der Waals surface area contributed by atoms with E-state index in [9.17, 15) is 0 Å². The van der Waals surface area contributed by atoms with Crippen molar-refractivity contribution in [2.45, 2.75) is 6.42 Å². The molecule has 23 heavy (non-hydrogen) atoms. The summed E-state index contributed by atoms with van der Waals surface area (Å²) in [5.74, 6) is 0.922. The van der Waals surface area contributed by atoms with Crippen molar-refractivity contribution >= 4 is 0 Å². The standard InChI is InChI=1S/C19H24N2O2/c1-2-4-17(5-3-1)16-18-6-8-19(9-7-18)23-13-10-20-21-11-14-22-15-12-21/h1-9,20H,10-16H2. The minimum Gasteiger partial charge on any atom is -0.492 e. The highest BCUT2D eigenvalue weighted by Gasteiger charge is 2.08. The number of benzene rings is 2. The van der Waals surface area contributed by atoms with Gasteiger partial charge < -0.3 is 9.47 Å². The second-order valence-electron chi connectivity index (χ2n) is 5.66. The molecule has 0 bridgehead atoms. The Balaban J connectivity index is 1.39. The fraction of sp³-hybridized carbons (Fsp3) is 0.368. The largest absolute Gasteiger partial charge is 0.492 e. The summed E-state index contributed by atoms with van der Waals surface area (Å²) in [7, 11) is 0. The normalized spacial score (nSPS) is 15.5. The van der Waals surface area contributed by atoms with Crippen LogP contribution in [0.3, 0.4) is 0 Å². The van der Waals surface area contributed by atoms with E-state index >= 15 is 0 Å². The van der Waals surface area contributed by atoms with Crippen LogP contribution in [0.5, 0.6) is 5.75 Å². The SMILES string of the molecule is c1ccc(Cc2ccc(OCCNN3CCOCC3)cc2)cc1. The van der Waals surface area contributed by atoms with Crippen molar-refractivity contribution in [3.05, 3.63) is 65.7 Å². The Morgan fingerprint density at radius 3 is 2.35 bits per heavy atom. The van der Waals surface area contributed by atoms with Gasteiger partial charge in [-0.2, -0.15) is 0 Å². The molecule has 122 valence electrons. The number of hydrazine groups is 1. The molecule has 1 aliphatic rings. The zero-order valence-electron chi connectivity index (χ0n) is 13.4. The number of hydrogen-bond donors (Lipinski definition) is 1. The number of ether oxygens (including phenoxy) is 2. The molecular weight excluding hydrogens is 288 g/mol. The molecule has 0 saturated carbocycles. The van der Waals surface area contributed by atoms with Crippen LogP contribution in [-0.4, -0.2) is 44.5 Å². The Bertz CT molecular complexity index is 566. The van der Waals surface area contributed by atoms with Gasteiger partial charge in [0.2, 0.25) is 0 Å². The minimum atomic E-state index is 0.662. The van der Waals surface area contributed by atoms with Crippen LogP contribution in [0.2, 0.25) is 0 Å². The van der Waals surface area contributed by atoms with Gasteiger partial charge in [-0.15, -0.1) is 0 Å². The molecule has 0 atom stereocenters. The first-order valence-electron chi connectivity index (χ1n) is 8.22. The van der Waals surface area contributed by atoms with Crippen LogP contribution in [0.15, 0.2) is 54.6 Å². The average Bonchev–Trinajstić information content (AvgIpc) is 2.62. The maximum Gasteiger partial charge on any atom is 0.119 e. The third-order valence-electron chi connectivity index (χ3n) is 3.89. The van der Waals surface area contributed by atoms with E-state index in [1.807, 2.05) is 18.2 Å². The summed E-state index contributed by atoms with van der Waals surface area (Å²) < 4.78 is 11.1. The molecule has 1 fully saturated rings. The maximum atomic E-state index is 5.78. The molecule has 0 amide bonds. The lowest BCUT2D eigenvalue weighted by Gasteiger charge is -2.27. The van der Waals surface area contributed by atoms with E-state index in [1.165, 1.54) is 11.1 Å². The zero-order chi connectivity index (χ0) is 15.7. The highest BCUT2D eigenvalue weighted by molar-refractivity contribution is 5.31. The molecule has 4 heteroatoms. The Kier molecular flexibility index (Phi) is 6.03. The van der Waals surface area contributed by atoms with Crippen molar-refractivity contribution in [1.82, 2.24) is 10.4 Å². The Morgan fingerprint density at radius 2 is 1.61 bits per heavy atom. The van der Waals surface area contributed by atoms with Crippen molar-refractivity contribution < 1.29 is 9.47 Å². The van der Waals surface area contributed by atoms with E-state index in [1.54, 1.807) is 0 Å². The first-order chi connectivity index (χ1) is 11.4. The molecule has 1 saturated heterocycles. The molecule has 0 unspecified atom stereocenters. The minimum absolute atomic E-state index is 0.662. The molecule has 1 heterocycles.